The normalized spacial score (nSPS) is 11.1. The Hall–Kier alpha value is -3.57. The molecule has 6 heteroatoms. The largest absolute Gasteiger partial charge is 0.497 e. The first-order valence-corrected chi connectivity index (χ1v) is 9.28. The Morgan fingerprint density at radius 3 is 2.72 bits per heavy atom. The van der Waals surface area contributed by atoms with Crippen molar-refractivity contribution in [3.8, 4) is 17.2 Å². The van der Waals surface area contributed by atoms with Crippen LogP contribution in [0.1, 0.15) is 5.56 Å². The van der Waals surface area contributed by atoms with Gasteiger partial charge in [0.2, 0.25) is 11.8 Å². The van der Waals surface area contributed by atoms with Crippen LogP contribution in [0.4, 0.5) is 5.69 Å². The molecule has 1 N–H and O–H groups in total. The Morgan fingerprint density at radius 2 is 1.93 bits per heavy atom. The van der Waals surface area contributed by atoms with Gasteiger partial charge >= 0.3 is 0 Å². The highest BCUT2D eigenvalue weighted by Crippen LogP contribution is 2.28. The van der Waals surface area contributed by atoms with Crippen LogP contribution in [-0.2, 0) is 4.79 Å². The minimum Gasteiger partial charge on any atom is -0.497 e. The molecule has 4 rings (SSSR count). The molecule has 1 amide bonds. The van der Waals surface area contributed by atoms with Crippen molar-refractivity contribution in [3.05, 3.63) is 83.4 Å². The summed E-state index contributed by atoms with van der Waals surface area (Å²) in [4.78, 5) is 16.7. The molecule has 4 aromatic rings. The molecule has 0 bridgehead atoms. The Kier molecular flexibility index (Phi) is 5.31. The number of benzene rings is 3. The highest BCUT2D eigenvalue weighted by molar-refractivity contribution is 6.30. The second-order valence-corrected chi connectivity index (χ2v) is 6.74. The first-order valence-electron chi connectivity index (χ1n) is 8.90. The smallest absolute Gasteiger partial charge is 0.248 e. The van der Waals surface area contributed by atoms with Crippen LogP contribution in [0.15, 0.2) is 77.2 Å². The molecule has 29 heavy (non-hydrogen) atoms. The summed E-state index contributed by atoms with van der Waals surface area (Å²) in [6.07, 6.45) is 3.19. The fourth-order valence-corrected chi connectivity index (χ4v) is 2.94. The minimum atomic E-state index is -0.240. The van der Waals surface area contributed by atoms with Crippen molar-refractivity contribution in [2.75, 3.05) is 12.4 Å². The van der Waals surface area contributed by atoms with Crippen LogP contribution in [0.3, 0.4) is 0 Å². The average molecular weight is 405 g/mol. The second kappa shape index (κ2) is 8.20. The van der Waals surface area contributed by atoms with Gasteiger partial charge in [0.25, 0.3) is 0 Å². The van der Waals surface area contributed by atoms with Gasteiger partial charge in [-0.25, -0.2) is 4.98 Å². The summed E-state index contributed by atoms with van der Waals surface area (Å²) in [7, 11) is 1.61. The van der Waals surface area contributed by atoms with Crippen molar-refractivity contribution < 1.29 is 13.9 Å². The number of rotatable bonds is 5. The first-order chi connectivity index (χ1) is 14.1. The van der Waals surface area contributed by atoms with E-state index in [2.05, 4.69) is 10.3 Å². The van der Waals surface area contributed by atoms with Crippen LogP contribution >= 0.6 is 11.6 Å². The van der Waals surface area contributed by atoms with Crippen LogP contribution in [0.5, 0.6) is 5.75 Å². The molecule has 1 heterocycles. The Morgan fingerprint density at radius 1 is 1.10 bits per heavy atom. The lowest BCUT2D eigenvalue weighted by Gasteiger charge is -2.01. The molecule has 1 aromatic heterocycles. The summed E-state index contributed by atoms with van der Waals surface area (Å²) in [5.74, 6) is 0.978. The van der Waals surface area contributed by atoms with E-state index in [4.69, 9.17) is 20.8 Å². The van der Waals surface area contributed by atoms with Crippen LogP contribution < -0.4 is 10.1 Å². The van der Waals surface area contributed by atoms with E-state index in [1.807, 2.05) is 36.4 Å². The van der Waals surface area contributed by atoms with Crippen molar-refractivity contribution in [2.45, 2.75) is 0 Å². The molecule has 0 saturated carbocycles. The fourth-order valence-electron chi connectivity index (χ4n) is 2.81. The number of oxazole rings is 1. The molecule has 0 spiro atoms. The highest BCUT2D eigenvalue weighted by Gasteiger charge is 2.10. The van der Waals surface area contributed by atoms with Crippen molar-refractivity contribution in [1.29, 1.82) is 0 Å². The van der Waals surface area contributed by atoms with E-state index >= 15 is 0 Å². The molecule has 0 atom stereocenters. The number of hydrogen-bond acceptors (Lipinski definition) is 4. The molecule has 0 fully saturated rings. The van der Waals surface area contributed by atoms with Gasteiger partial charge in [-0.15, -0.1) is 0 Å². The van der Waals surface area contributed by atoms with Crippen molar-refractivity contribution in [1.82, 2.24) is 4.98 Å². The number of carbonyl (C=O) groups excluding carboxylic acids is 1. The summed E-state index contributed by atoms with van der Waals surface area (Å²) in [6.45, 7) is 0. The van der Waals surface area contributed by atoms with Gasteiger partial charge in [0.15, 0.2) is 5.58 Å². The number of fused-ring (bicyclic) bond motifs is 1. The van der Waals surface area contributed by atoms with E-state index in [1.54, 1.807) is 43.5 Å². The molecular weight excluding hydrogens is 388 g/mol. The number of anilines is 1. The zero-order valence-corrected chi connectivity index (χ0v) is 16.3. The number of amides is 1. The Labute approximate surface area is 172 Å². The average Bonchev–Trinajstić information content (AvgIpc) is 3.17. The number of ether oxygens (including phenoxy) is 1. The first kappa shape index (κ1) is 18.8. The predicted octanol–water partition coefficient (Wildman–Crippen LogP) is 5.81. The van der Waals surface area contributed by atoms with E-state index in [0.717, 1.165) is 16.9 Å². The van der Waals surface area contributed by atoms with E-state index in [1.165, 1.54) is 6.08 Å². The standard InChI is InChI=1S/C23H17ClN2O3/c1-28-19-4-2-3-16(13-19)23-26-20-14-18(10-11-21(20)29-23)25-22(27)12-7-15-5-8-17(24)9-6-15/h2-14H,1H3,(H,25,27)/b12-7+. The summed E-state index contributed by atoms with van der Waals surface area (Å²) in [5.41, 5.74) is 3.63. The van der Waals surface area contributed by atoms with Crippen LogP contribution in [0.2, 0.25) is 5.02 Å². The van der Waals surface area contributed by atoms with Gasteiger partial charge in [0.05, 0.1) is 7.11 Å². The lowest BCUT2D eigenvalue weighted by molar-refractivity contribution is -0.111. The summed E-state index contributed by atoms with van der Waals surface area (Å²) in [5, 5.41) is 3.48. The molecule has 0 aliphatic heterocycles. The van der Waals surface area contributed by atoms with E-state index in [9.17, 15) is 4.79 Å². The maximum atomic E-state index is 12.2. The SMILES string of the molecule is COc1cccc(-c2nc3cc(NC(=O)/C=C/c4ccc(Cl)cc4)ccc3o2)c1. The molecule has 0 unspecified atom stereocenters. The summed E-state index contributed by atoms with van der Waals surface area (Å²) < 4.78 is 11.1. The quantitative estimate of drug-likeness (QED) is 0.426. The monoisotopic (exact) mass is 404 g/mol. The molecule has 144 valence electrons. The third kappa shape index (κ3) is 4.47. The van der Waals surface area contributed by atoms with Crippen LogP contribution in [0.25, 0.3) is 28.6 Å². The third-order valence-corrected chi connectivity index (χ3v) is 4.52. The van der Waals surface area contributed by atoms with Gasteiger partial charge in [0.1, 0.15) is 11.3 Å². The van der Waals surface area contributed by atoms with Crippen molar-refractivity contribution in [3.63, 3.8) is 0 Å². The minimum absolute atomic E-state index is 0.240. The van der Waals surface area contributed by atoms with Crippen LogP contribution in [0, 0.1) is 0 Å². The lowest BCUT2D eigenvalue weighted by atomic mass is 10.2. The summed E-state index contributed by atoms with van der Waals surface area (Å²) >= 11 is 5.86. The fraction of sp³-hybridized carbons (Fsp3) is 0.0435. The number of hydrogen-bond donors (Lipinski definition) is 1. The number of halogens is 1. The van der Waals surface area contributed by atoms with Gasteiger partial charge in [-0.3, -0.25) is 4.79 Å². The van der Waals surface area contributed by atoms with E-state index < -0.39 is 0 Å². The zero-order valence-electron chi connectivity index (χ0n) is 15.6. The molecular formula is C23H17ClN2O3. The molecule has 0 aliphatic rings. The summed E-state index contributed by atoms with van der Waals surface area (Å²) in [6, 6.07) is 20.1. The maximum absolute atomic E-state index is 12.2. The van der Waals surface area contributed by atoms with Crippen molar-refractivity contribution >= 4 is 40.4 Å². The molecule has 3 aromatic carbocycles. The zero-order chi connectivity index (χ0) is 20.2. The number of methoxy groups -OCH3 is 1. The third-order valence-electron chi connectivity index (χ3n) is 4.27. The van der Waals surface area contributed by atoms with Gasteiger partial charge in [-0.1, -0.05) is 29.8 Å². The number of nitrogens with zero attached hydrogens (tertiary/aromatic N) is 1. The van der Waals surface area contributed by atoms with Gasteiger partial charge in [-0.05, 0) is 60.2 Å². The predicted molar refractivity (Wildman–Crippen MR) is 115 cm³/mol. The molecule has 5 nitrogen and oxygen atoms in total. The Balaban J connectivity index is 1.51. The molecule has 0 aliphatic carbocycles. The highest BCUT2D eigenvalue weighted by atomic mass is 35.5. The number of nitrogens with one attached hydrogen (secondary N) is 1. The Bertz CT molecular complexity index is 1200. The second-order valence-electron chi connectivity index (χ2n) is 6.31. The number of aromatic nitrogens is 1. The molecule has 0 saturated heterocycles. The van der Waals surface area contributed by atoms with Gasteiger partial charge in [0, 0.05) is 22.3 Å². The van der Waals surface area contributed by atoms with Gasteiger partial charge in [-0.2, -0.15) is 0 Å². The van der Waals surface area contributed by atoms with E-state index in [-0.39, 0.29) is 5.91 Å². The topological polar surface area (TPSA) is 64.4 Å². The van der Waals surface area contributed by atoms with Gasteiger partial charge < -0.3 is 14.5 Å². The van der Waals surface area contributed by atoms with E-state index in [0.29, 0.717) is 27.7 Å². The maximum Gasteiger partial charge on any atom is 0.248 e. The van der Waals surface area contributed by atoms with Crippen molar-refractivity contribution in [2.24, 2.45) is 0 Å². The molecule has 0 radical (unpaired) electrons. The van der Waals surface area contributed by atoms with Crippen LogP contribution in [-0.4, -0.2) is 18.0 Å². The number of carbonyl (C=O) groups is 1. The lowest BCUT2D eigenvalue weighted by Crippen LogP contribution is -2.07.